The molecule has 0 aliphatic carbocycles. The van der Waals surface area contributed by atoms with E-state index in [-0.39, 0.29) is 5.97 Å². The average molecular weight is 890 g/mol. The Morgan fingerprint density at radius 2 is 1.78 bits per heavy atom. The van der Waals surface area contributed by atoms with Gasteiger partial charge in [0.05, 0.1) is 0 Å². The summed E-state index contributed by atoms with van der Waals surface area (Å²) in [6, 6.07) is 5.06. The van der Waals surface area contributed by atoms with Gasteiger partial charge in [0.15, 0.2) is 0 Å². The first-order valence-electron chi connectivity index (χ1n) is 5.91. The van der Waals surface area contributed by atoms with Crippen molar-refractivity contribution < 1.29 is 17.8 Å². The third kappa shape index (κ3) is 5.98. The van der Waals surface area contributed by atoms with E-state index in [0.29, 0.717) is 79.9 Å². The summed E-state index contributed by atoms with van der Waals surface area (Å²) in [6.45, 7) is 0. The first-order chi connectivity index (χ1) is 8.32. The Morgan fingerprint density at radius 3 is 2.22 bits per heavy atom. The molecule has 0 spiro atoms. The summed E-state index contributed by atoms with van der Waals surface area (Å²) in [5.41, 5.74) is 1.10. The third-order valence-corrected chi connectivity index (χ3v) is 42.2. The summed E-state index contributed by atoms with van der Waals surface area (Å²) in [4.78, 5) is 23.1. The van der Waals surface area contributed by atoms with Crippen LogP contribution >= 0.6 is 0 Å². The molecule has 1 aromatic rings. The van der Waals surface area contributed by atoms with Gasteiger partial charge in [0.2, 0.25) is 0 Å². The van der Waals surface area contributed by atoms with Crippen LogP contribution in [0.5, 0.6) is 0 Å². The van der Waals surface area contributed by atoms with Gasteiger partial charge < -0.3 is 0 Å². The molecule has 4 nitrogen and oxygen atoms in total. The van der Waals surface area contributed by atoms with Gasteiger partial charge in [-0.05, 0) is 0 Å². The molecule has 0 radical (unpaired) electrons. The van der Waals surface area contributed by atoms with E-state index in [1.807, 2.05) is 0 Å². The number of carboxylic acid groups (broad SMARTS) is 1. The van der Waals surface area contributed by atoms with Crippen molar-refractivity contribution in [2.24, 2.45) is 0 Å². The van der Waals surface area contributed by atoms with Crippen molar-refractivity contribution in [3.05, 3.63) is 29.3 Å². The molecule has 0 saturated heterocycles. The molecule has 0 aliphatic rings. The second kappa shape index (κ2) is 9.17. The minimum absolute atomic E-state index is 0.0934. The third-order valence-electron chi connectivity index (χ3n) is 2.48. The maximum absolute atomic E-state index is 12.1. The van der Waals surface area contributed by atoms with Crippen LogP contribution in [0.25, 0.3) is 0 Å². The van der Waals surface area contributed by atoms with Crippen molar-refractivity contribution >= 4 is 114 Å². The van der Waals surface area contributed by atoms with Crippen LogP contribution in [0.4, 0.5) is 0 Å². The van der Waals surface area contributed by atoms with Gasteiger partial charge in [-0.25, -0.2) is 0 Å². The van der Waals surface area contributed by atoms with E-state index in [1.54, 1.807) is 18.2 Å². The molecule has 0 heterocycles. The molecular formula is C8H18O4Sn6. The Hall–Kier alpha value is 2.95. The summed E-state index contributed by atoms with van der Waals surface area (Å²) in [6.07, 6.45) is 0. The number of carboxylic acids is 1. The summed E-state index contributed by atoms with van der Waals surface area (Å²) in [5, 5.41) is 9.03. The zero-order valence-corrected chi connectivity index (χ0v) is 40.5. The standard InChI is InChI=1S/C8H5O4.6Sn.14H/c9-7(10)5-1-2-6(4-3-5)8(11)12;;;;;;;;;;;;;;;;;;;;/h1-3H,(H,9,10)(H,11,12);;;;;;;;;;;;;;;;;;;;/q;;;;;;+1;;;;;;;;;;;;;;/p-1. The van der Waals surface area contributed by atoms with E-state index in [2.05, 4.69) is 0 Å². The quantitative estimate of drug-likeness (QED) is 0.307. The van der Waals surface area contributed by atoms with Gasteiger partial charge in [-0.3, -0.25) is 0 Å². The molecule has 0 aromatic heterocycles. The van der Waals surface area contributed by atoms with Crippen molar-refractivity contribution in [1.29, 1.82) is 0 Å². The molecule has 0 unspecified atom stereocenters. The van der Waals surface area contributed by atoms with E-state index >= 15 is 0 Å². The van der Waals surface area contributed by atoms with E-state index < -0.39 is 30.1 Å². The molecule has 0 aliphatic heterocycles. The number of rotatable bonds is 4. The zero-order chi connectivity index (χ0) is 13.9. The van der Waals surface area contributed by atoms with Crippen LogP contribution in [0.3, 0.4) is 0 Å². The van der Waals surface area contributed by atoms with Crippen LogP contribution in [-0.2, 0) is 3.07 Å². The van der Waals surface area contributed by atoms with Crippen molar-refractivity contribution in [3.8, 4) is 0 Å². The van der Waals surface area contributed by atoms with Crippen molar-refractivity contribution in [3.63, 3.8) is 0 Å². The monoisotopic (exact) mass is 898 g/mol. The molecule has 1 aromatic carbocycles. The fourth-order valence-electron chi connectivity index (χ4n) is 1.64. The number of carbonyl (C=O) groups excluding carboxylic acids is 1. The summed E-state index contributed by atoms with van der Waals surface area (Å²) < 4.78 is 6.79. The number of aromatic carboxylic acids is 1. The molecule has 0 atom stereocenters. The second-order valence-electron chi connectivity index (χ2n) is 4.72. The molecule has 1 N–H and O–H groups in total. The number of hydrogen-bond donors (Lipinski definition) is 1. The van der Waals surface area contributed by atoms with Crippen LogP contribution in [0.1, 0.15) is 20.7 Å². The second-order valence-corrected chi connectivity index (χ2v) is 401. The molecule has 18 heavy (non-hydrogen) atoms. The van der Waals surface area contributed by atoms with Crippen LogP contribution < -0.4 is 3.58 Å². The number of carbonyl (C=O) groups is 2. The average Bonchev–Trinajstić information content (AvgIpc) is 2.26. The molecule has 0 bridgehead atoms. The molecule has 0 fully saturated rings. The Morgan fingerprint density at radius 1 is 1.17 bits per heavy atom. The first-order valence-corrected chi connectivity index (χ1v) is 111. The molecular weight excluding hydrogens is 872 g/mol. The van der Waals surface area contributed by atoms with E-state index in [4.69, 9.17) is 8.18 Å². The molecule has 0 amide bonds. The van der Waals surface area contributed by atoms with Crippen LogP contribution in [0.2, 0.25) is 0 Å². The van der Waals surface area contributed by atoms with E-state index in [9.17, 15) is 9.59 Å². The molecule has 1 rings (SSSR count). The van der Waals surface area contributed by atoms with Crippen molar-refractivity contribution in [1.82, 2.24) is 0 Å². The van der Waals surface area contributed by atoms with Crippen LogP contribution in [-0.4, -0.2) is 115 Å². The molecule has 10 heteroatoms. The van der Waals surface area contributed by atoms with Gasteiger partial charge in [0.25, 0.3) is 0 Å². The first kappa shape index (κ1) is 19.0. The van der Waals surface area contributed by atoms with Gasteiger partial charge in [-0.2, -0.15) is 0 Å². The van der Waals surface area contributed by atoms with Crippen molar-refractivity contribution in [2.45, 2.75) is 0 Å². The van der Waals surface area contributed by atoms with Gasteiger partial charge in [-0.1, -0.05) is 0 Å². The van der Waals surface area contributed by atoms with Gasteiger partial charge >= 0.3 is 161 Å². The Bertz CT molecular complexity index is 475. The fourth-order valence-corrected chi connectivity index (χ4v) is 33.6. The van der Waals surface area contributed by atoms with Gasteiger partial charge in [-0.15, -0.1) is 0 Å². The van der Waals surface area contributed by atoms with Crippen molar-refractivity contribution in [2.75, 3.05) is 0 Å². The predicted molar refractivity (Wildman–Crippen MR) is 92.5 cm³/mol. The van der Waals surface area contributed by atoms with Gasteiger partial charge in [0, 0.05) is 0 Å². The number of hydrogen-bond acceptors (Lipinski definition) is 3. The molecule has 98 valence electrons. The SMILES string of the molecule is O=C(O)c1ccc(C(=O)[O][SnH]([SnH3])[SnH3])[c]([SnH]([SnH3])[SnH3])c1. The number of benzene rings is 1. The van der Waals surface area contributed by atoms with E-state index in [1.165, 1.54) is 3.58 Å². The zero-order valence-electron chi connectivity index (χ0n) is 11.1. The predicted octanol–water partition coefficient (Wildman–Crippen LogP) is -5.85. The Kier molecular flexibility index (Phi) is 9.68. The Balaban J connectivity index is 3.19. The minimum atomic E-state index is -1.61. The summed E-state index contributed by atoms with van der Waals surface area (Å²) in [7, 11) is 0. The summed E-state index contributed by atoms with van der Waals surface area (Å²) in [5.74, 6) is -0.979. The van der Waals surface area contributed by atoms with E-state index in [0.717, 1.165) is 5.56 Å². The molecule has 0 saturated carbocycles. The van der Waals surface area contributed by atoms with Crippen LogP contribution in [0, 0.1) is 0 Å². The topological polar surface area (TPSA) is 63.6 Å². The maximum atomic E-state index is 12.1. The van der Waals surface area contributed by atoms with Crippen LogP contribution in [0.15, 0.2) is 18.2 Å². The normalized spacial score (nSPS) is 14.4. The summed E-state index contributed by atoms with van der Waals surface area (Å²) >= 11 is -0.641. The Labute approximate surface area is 157 Å². The van der Waals surface area contributed by atoms with Gasteiger partial charge in [0.1, 0.15) is 0 Å². The fraction of sp³-hybridized carbons (Fsp3) is 0.